The van der Waals surface area contributed by atoms with Crippen LogP contribution in [0.4, 0.5) is 5.69 Å². The van der Waals surface area contributed by atoms with Crippen molar-refractivity contribution in [3.8, 4) is 0 Å². The summed E-state index contributed by atoms with van der Waals surface area (Å²) in [5, 5.41) is 23.6. The normalized spacial score (nSPS) is 13.3. The molecule has 1 aliphatic rings. The van der Waals surface area contributed by atoms with E-state index >= 15 is 0 Å². The molecule has 1 aromatic heterocycles. The van der Waals surface area contributed by atoms with Crippen molar-refractivity contribution in [3.63, 3.8) is 0 Å². The largest absolute Gasteiger partial charge is 0.480 e. The maximum Gasteiger partial charge on any atom is 0.323 e. The van der Waals surface area contributed by atoms with Crippen LogP contribution in [0.1, 0.15) is 17.7 Å². The van der Waals surface area contributed by atoms with Gasteiger partial charge in [0.15, 0.2) is 0 Å². The summed E-state index contributed by atoms with van der Waals surface area (Å²) in [7, 11) is 0. The first kappa shape index (κ1) is 14.4. The summed E-state index contributed by atoms with van der Waals surface area (Å²) >= 11 is 0. The van der Waals surface area contributed by atoms with E-state index in [1.54, 1.807) is 6.07 Å². The van der Waals surface area contributed by atoms with E-state index in [9.17, 15) is 9.59 Å². The van der Waals surface area contributed by atoms with Crippen molar-refractivity contribution < 1.29 is 19.8 Å². The lowest BCUT2D eigenvalue weighted by molar-refractivity contribution is -0.136. The van der Waals surface area contributed by atoms with Gasteiger partial charge in [-0.3, -0.25) is 14.3 Å². The molecule has 0 radical (unpaired) electrons. The summed E-state index contributed by atoms with van der Waals surface area (Å²) in [4.78, 5) is 23.3. The zero-order valence-electron chi connectivity index (χ0n) is 12.2. The molecule has 7 nitrogen and oxygen atoms in total. The second-order valence-electron chi connectivity index (χ2n) is 5.57. The number of hydrogen-bond acceptors (Lipinski definition) is 4. The lowest BCUT2D eigenvalue weighted by Crippen LogP contribution is -2.34. The molecule has 2 N–H and O–H groups in total. The summed E-state index contributed by atoms with van der Waals surface area (Å²) in [5.74, 6) is -2.12. The Hall–Kier alpha value is -2.57. The van der Waals surface area contributed by atoms with Gasteiger partial charge in [-0.05, 0) is 37.5 Å². The van der Waals surface area contributed by atoms with Crippen LogP contribution in [0.3, 0.4) is 0 Å². The average molecular weight is 303 g/mol. The van der Waals surface area contributed by atoms with Crippen LogP contribution in [-0.2, 0) is 22.6 Å². The highest BCUT2D eigenvalue weighted by Crippen LogP contribution is 2.31. The van der Waals surface area contributed by atoms with Crippen LogP contribution in [0.25, 0.3) is 10.9 Å². The minimum Gasteiger partial charge on any atom is -0.480 e. The first-order valence-electron chi connectivity index (χ1n) is 7.14. The number of hydrogen-bond donors (Lipinski definition) is 2. The Morgan fingerprint density at radius 2 is 1.95 bits per heavy atom. The number of nitrogens with zero attached hydrogens (tertiary/aromatic N) is 3. The summed E-state index contributed by atoms with van der Waals surface area (Å²) in [6.45, 7) is 2.05. The molecule has 22 heavy (non-hydrogen) atoms. The molecule has 0 aliphatic carbocycles. The molecule has 1 aromatic carbocycles. The average Bonchev–Trinajstić information content (AvgIpc) is 2.97. The summed E-state index contributed by atoms with van der Waals surface area (Å²) in [6.07, 6.45) is 2.08. The summed E-state index contributed by atoms with van der Waals surface area (Å²) in [5.41, 5.74) is 3.45. The fourth-order valence-corrected chi connectivity index (χ4v) is 3.07. The van der Waals surface area contributed by atoms with E-state index in [0.29, 0.717) is 5.69 Å². The molecule has 2 heterocycles. The topological polar surface area (TPSA) is 95.7 Å². The molecule has 0 unspecified atom stereocenters. The SMILES string of the molecule is Cc1cc2c3n(nc2cc1N(CC(=O)O)CC(=O)O)CCC3. The third-order valence-electron chi connectivity index (χ3n) is 3.94. The second-order valence-corrected chi connectivity index (χ2v) is 5.57. The van der Waals surface area contributed by atoms with Gasteiger partial charge in [0.25, 0.3) is 0 Å². The molecule has 0 saturated carbocycles. The molecule has 1 aliphatic heterocycles. The van der Waals surface area contributed by atoms with Crippen LogP contribution in [-0.4, -0.2) is 45.0 Å². The molecule has 116 valence electrons. The maximum absolute atomic E-state index is 11.0. The highest BCUT2D eigenvalue weighted by molar-refractivity contribution is 5.89. The number of anilines is 1. The highest BCUT2D eigenvalue weighted by atomic mass is 16.4. The Balaban J connectivity index is 2.06. The molecule has 7 heteroatoms. The van der Waals surface area contributed by atoms with Gasteiger partial charge in [-0.2, -0.15) is 5.10 Å². The molecule has 0 spiro atoms. The van der Waals surface area contributed by atoms with Gasteiger partial charge in [-0.1, -0.05) is 0 Å². The third-order valence-corrected chi connectivity index (χ3v) is 3.94. The Morgan fingerprint density at radius 3 is 2.59 bits per heavy atom. The zero-order chi connectivity index (χ0) is 15.9. The van der Waals surface area contributed by atoms with Crippen molar-refractivity contribution >= 4 is 28.5 Å². The molecule has 2 aromatic rings. The minimum atomic E-state index is -1.06. The number of carboxylic acids is 2. The van der Waals surface area contributed by atoms with Gasteiger partial charge < -0.3 is 15.1 Å². The van der Waals surface area contributed by atoms with Crippen molar-refractivity contribution in [3.05, 3.63) is 23.4 Å². The van der Waals surface area contributed by atoms with Crippen molar-refractivity contribution in [2.75, 3.05) is 18.0 Å². The van der Waals surface area contributed by atoms with Crippen LogP contribution < -0.4 is 4.90 Å². The van der Waals surface area contributed by atoms with Gasteiger partial charge in [0.2, 0.25) is 0 Å². The van der Waals surface area contributed by atoms with Crippen molar-refractivity contribution in [2.24, 2.45) is 0 Å². The smallest absolute Gasteiger partial charge is 0.323 e. The Kier molecular flexibility index (Phi) is 3.48. The van der Waals surface area contributed by atoms with Crippen LogP contribution in [0.15, 0.2) is 12.1 Å². The predicted octanol–water partition coefficient (Wildman–Crippen LogP) is 1.27. The van der Waals surface area contributed by atoms with Crippen molar-refractivity contribution in [1.82, 2.24) is 9.78 Å². The molecule has 0 atom stereocenters. The molecule has 0 bridgehead atoms. The fourth-order valence-electron chi connectivity index (χ4n) is 3.07. The van der Waals surface area contributed by atoms with Gasteiger partial charge in [-0.25, -0.2) is 0 Å². The molecular formula is C15H17N3O4. The van der Waals surface area contributed by atoms with Gasteiger partial charge >= 0.3 is 11.9 Å². The van der Waals surface area contributed by atoms with Gasteiger partial charge in [-0.15, -0.1) is 0 Å². The van der Waals surface area contributed by atoms with E-state index < -0.39 is 11.9 Å². The Bertz CT molecular complexity index is 750. The molecular weight excluding hydrogens is 286 g/mol. The quantitative estimate of drug-likeness (QED) is 0.863. The van der Waals surface area contributed by atoms with E-state index in [2.05, 4.69) is 5.10 Å². The molecule has 3 rings (SSSR count). The van der Waals surface area contributed by atoms with Crippen LogP contribution in [0.5, 0.6) is 0 Å². The van der Waals surface area contributed by atoms with Crippen LogP contribution in [0.2, 0.25) is 0 Å². The number of fused-ring (bicyclic) bond motifs is 3. The van der Waals surface area contributed by atoms with E-state index in [1.165, 1.54) is 10.6 Å². The van der Waals surface area contributed by atoms with Crippen molar-refractivity contribution in [2.45, 2.75) is 26.3 Å². The number of benzene rings is 1. The Morgan fingerprint density at radius 1 is 1.27 bits per heavy atom. The standard InChI is InChI=1S/C15H17N3O4/c1-9-5-10-11(16-18-4-2-3-12(10)18)6-13(9)17(7-14(19)20)8-15(21)22/h5-6H,2-4,7-8H2,1H3,(H,19,20)(H,21,22). The monoisotopic (exact) mass is 303 g/mol. The number of aromatic nitrogens is 2. The molecule has 0 fully saturated rings. The predicted molar refractivity (Wildman–Crippen MR) is 80.3 cm³/mol. The number of rotatable bonds is 5. The fraction of sp³-hybridized carbons (Fsp3) is 0.400. The molecule has 0 saturated heterocycles. The number of aryl methyl sites for hydroxylation is 3. The van der Waals surface area contributed by atoms with E-state index in [0.717, 1.165) is 35.9 Å². The number of aliphatic carboxylic acids is 2. The van der Waals surface area contributed by atoms with E-state index in [-0.39, 0.29) is 13.1 Å². The number of carbonyl (C=O) groups is 2. The van der Waals surface area contributed by atoms with Crippen LogP contribution >= 0.6 is 0 Å². The lowest BCUT2D eigenvalue weighted by atomic mass is 10.1. The highest BCUT2D eigenvalue weighted by Gasteiger charge is 2.21. The van der Waals surface area contributed by atoms with E-state index in [1.807, 2.05) is 17.7 Å². The maximum atomic E-state index is 11.0. The first-order valence-corrected chi connectivity index (χ1v) is 7.14. The van der Waals surface area contributed by atoms with E-state index in [4.69, 9.17) is 10.2 Å². The first-order chi connectivity index (χ1) is 10.5. The van der Waals surface area contributed by atoms with Gasteiger partial charge in [0.1, 0.15) is 13.1 Å². The zero-order valence-corrected chi connectivity index (χ0v) is 12.2. The lowest BCUT2D eigenvalue weighted by Gasteiger charge is -2.22. The van der Waals surface area contributed by atoms with Gasteiger partial charge in [0, 0.05) is 23.3 Å². The Labute approximate surface area is 126 Å². The van der Waals surface area contributed by atoms with Crippen LogP contribution in [0, 0.1) is 6.92 Å². The minimum absolute atomic E-state index is 0.355. The molecule has 0 amide bonds. The second kappa shape index (κ2) is 5.32. The third kappa shape index (κ3) is 2.49. The van der Waals surface area contributed by atoms with Crippen molar-refractivity contribution in [1.29, 1.82) is 0 Å². The summed E-state index contributed by atoms with van der Waals surface area (Å²) < 4.78 is 1.98. The number of carboxylic acid groups (broad SMARTS) is 2. The summed E-state index contributed by atoms with van der Waals surface area (Å²) in [6, 6.07) is 3.77. The van der Waals surface area contributed by atoms with Gasteiger partial charge in [0.05, 0.1) is 5.52 Å².